The normalized spacial score (nSPS) is 11.0. The van der Waals surface area contributed by atoms with Crippen LogP contribution in [0.5, 0.6) is 0 Å². The molecule has 0 aliphatic rings. The van der Waals surface area contributed by atoms with E-state index in [2.05, 4.69) is 15.5 Å². The third-order valence-corrected chi connectivity index (χ3v) is 3.95. The molecule has 0 aliphatic carbocycles. The highest BCUT2D eigenvalue weighted by Gasteiger charge is 2.14. The molecule has 140 valence electrons. The summed E-state index contributed by atoms with van der Waals surface area (Å²) in [6, 6.07) is 15.4. The van der Waals surface area contributed by atoms with Crippen LogP contribution in [-0.2, 0) is 0 Å². The summed E-state index contributed by atoms with van der Waals surface area (Å²) in [7, 11) is 0. The minimum Gasteiger partial charge on any atom is -0.459 e. The molecule has 28 heavy (non-hydrogen) atoms. The SMILES string of the molecule is O=C(Nc1cccc(-c2nnc(-c3ccco3)o2)c1)c1ccc(C(F)F)cc1. The Balaban J connectivity index is 1.51. The molecular weight excluding hydrogens is 368 g/mol. The van der Waals surface area contributed by atoms with Gasteiger partial charge in [0.15, 0.2) is 5.76 Å². The summed E-state index contributed by atoms with van der Waals surface area (Å²) < 4.78 is 36.0. The topological polar surface area (TPSA) is 81.2 Å². The Bertz CT molecular complexity index is 1090. The number of hydrogen-bond acceptors (Lipinski definition) is 5. The monoisotopic (exact) mass is 381 g/mol. The molecule has 0 radical (unpaired) electrons. The summed E-state index contributed by atoms with van der Waals surface area (Å²) in [6.45, 7) is 0. The molecule has 0 fully saturated rings. The highest BCUT2D eigenvalue weighted by molar-refractivity contribution is 6.04. The Morgan fingerprint density at radius 3 is 2.46 bits per heavy atom. The lowest BCUT2D eigenvalue weighted by atomic mass is 10.1. The number of alkyl halides is 2. The third kappa shape index (κ3) is 3.66. The smallest absolute Gasteiger partial charge is 0.283 e. The third-order valence-electron chi connectivity index (χ3n) is 3.95. The van der Waals surface area contributed by atoms with Gasteiger partial charge in [-0.25, -0.2) is 8.78 Å². The number of hydrogen-bond donors (Lipinski definition) is 1. The first-order valence-electron chi connectivity index (χ1n) is 8.27. The van der Waals surface area contributed by atoms with Crippen molar-refractivity contribution in [2.75, 3.05) is 5.32 Å². The second kappa shape index (κ2) is 7.43. The van der Waals surface area contributed by atoms with Gasteiger partial charge in [-0.2, -0.15) is 0 Å². The number of anilines is 1. The van der Waals surface area contributed by atoms with E-state index in [0.29, 0.717) is 17.0 Å². The lowest BCUT2D eigenvalue weighted by Gasteiger charge is -2.07. The van der Waals surface area contributed by atoms with Gasteiger partial charge in [-0.15, -0.1) is 10.2 Å². The number of aromatic nitrogens is 2. The van der Waals surface area contributed by atoms with Crippen molar-refractivity contribution in [3.63, 3.8) is 0 Å². The minimum absolute atomic E-state index is 0.137. The van der Waals surface area contributed by atoms with Gasteiger partial charge in [0.05, 0.1) is 6.26 Å². The maximum Gasteiger partial charge on any atom is 0.283 e. The van der Waals surface area contributed by atoms with Gasteiger partial charge in [-0.3, -0.25) is 4.79 Å². The molecule has 0 spiro atoms. The first kappa shape index (κ1) is 17.6. The average molecular weight is 381 g/mol. The van der Waals surface area contributed by atoms with Gasteiger partial charge < -0.3 is 14.2 Å². The standard InChI is InChI=1S/C20H13F2N3O3/c21-17(22)12-6-8-13(9-7-12)18(26)23-15-4-1-3-14(11-15)19-24-25-20(28-19)16-5-2-10-27-16/h1-11,17H,(H,23,26). The van der Waals surface area contributed by atoms with Gasteiger partial charge in [0.25, 0.3) is 18.2 Å². The Kier molecular flexibility index (Phi) is 4.67. The molecule has 1 amide bonds. The molecular formula is C20H13F2N3O3. The fourth-order valence-corrected chi connectivity index (χ4v) is 2.55. The van der Waals surface area contributed by atoms with Crippen LogP contribution in [-0.4, -0.2) is 16.1 Å². The van der Waals surface area contributed by atoms with Crippen molar-refractivity contribution in [1.29, 1.82) is 0 Å². The van der Waals surface area contributed by atoms with Crippen molar-refractivity contribution >= 4 is 11.6 Å². The molecule has 0 bridgehead atoms. The van der Waals surface area contributed by atoms with Crippen LogP contribution in [0.3, 0.4) is 0 Å². The van der Waals surface area contributed by atoms with Crippen LogP contribution in [0, 0.1) is 0 Å². The van der Waals surface area contributed by atoms with E-state index in [-0.39, 0.29) is 22.9 Å². The lowest BCUT2D eigenvalue weighted by molar-refractivity contribution is 0.102. The number of nitrogens with zero attached hydrogens (tertiary/aromatic N) is 2. The summed E-state index contributed by atoms with van der Waals surface area (Å²) in [5.74, 6) is 0.549. The minimum atomic E-state index is -2.57. The fraction of sp³-hybridized carbons (Fsp3) is 0.0500. The molecule has 0 saturated carbocycles. The van der Waals surface area contributed by atoms with Gasteiger partial charge in [-0.1, -0.05) is 18.2 Å². The number of furan rings is 1. The van der Waals surface area contributed by atoms with Crippen LogP contribution in [0.1, 0.15) is 22.3 Å². The Labute approximate surface area is 157 Å². The van der Waals surface area contributed by atoms with Crippen LogP contribution in [0.2, 0.25) is 0 Å². The molecule has 1 N–H and O–H groups in total. The number of carbonyl (C=O) groups is 1. The molecule has 4 rings (SSSR count). The molecule has 0 aliphatic heterocycles. The Morgan fingerprint density at radius 1 is 0.964 bits per heavy atom. The van der Waals surface area contributed by atoms with E-state index in [1.54, 1.807) is 36.4 Å². The van der Waals surface area contributed by atoms with E-state index >= 15 is 0 Å². The van der Waals surface area contributed by atoms with E-state index < -0.39 is 12.3 Å². The number of amides is 1. The number of rotatable bonds is 5. The summed E-state index contributed by atoms with van der Waals surface area (Å²) in [5, 5.41) is 10.6. The molecule has 0 saturated heterocycles. The van der Waals surface area contributed by atoms with E-state index in [0.717, 1.165) is 0 Å². The zero-order valence-electron chi connectivity index (χ0n) is 14.3. The van der Waals surface area contributed by atoms with E-state index in [1.807, 2.05) is 0 Å². The van der Waals surface area contributed by atoms with Crippen molar-refractivity contribution in [3.05, 3.63) is 78.1 Å². The van der Waals surface area contributed by atoms with Gasteiger partial charge in [-0.05, 0) is 42.5 Å². The highest BCUT2D eigenvalue weighted by Crippen LogP contribution is 2.26. The average Bonchev–Trinajstić information content (AvgIpc) is 3.40. The lowest BCUT2D eigenvalue weighted by Crippen LogP contribution is -2.11. The number of benzene rings is 2. The maximum absolute atomic E-state index is 12.6. The maximum atomic E-state index is 12.6. The Morgan fingerprint density at radius 2 is 1.75 bits per heavy atom. The van der Waals surface area contributed by atoms with Crippen molar-refractivity contribution in [1.82, 2.24) is 10.2 Å². The van der Waals surface area contributed by atoms with Crippen molar-refractivity contribution in [2.45, 2.75) is 6.43 Å². The second-order valence-electron chi connectivity index (χ2n) is 5.85. The van der Waals surface area contributed by atoms with Crippen LogP contribution >= 0.6 is 0 Å². The molecule has 0 unspecified atom stereocenters. The van der Waals surface area contributed by atoms with Gasteiger partial charge in [0, 0.05) is 22.4 Å². The zero-order valence-corrected chi connectivity index (χ0v) is 14.3. The Hall–Kier alpha value is -3.81. The van der Waals surface area contributed by atoms with Gasteiger partial charge in [0.1, 0.15) is 0 Å². The van der Waals surface area contributed by atoms with Gasteiger partial charge in [0.2, 0.25) is 5.89 Å². The summed E-state index contributed by atoms with van der Waals surface area (Å²) in [4.78, 5) is 12.3. The zero-order chi connectivity index (χ0) is 19.5. The molecule has 2 heterocycles. The molecule has 6 nitrogen and oxygen atoms in total. The van der Waals surface area contributed by atoms with Crippen molar-refractivity contribution < 1.29 is 22.4 Å². The molecule has 2 aromatic heterocycles. The van der Waals surface area contributed by atoms with Crippen LogP contribution in [0.25, 0.3) is 23.1 Å². The summed E-state index contributed by atoms with van der Waals surface area (Å²) in [5.41, 5.74) is 1.24. The van der Waals surface area contributed by atoms with Crippen molar-refractivity contribution in [2.24, 2.45) is 0 Å². The van der Waals surface area contributed by atoms with Crippen molar-refractivity contribution in [3.8, 4) is 23.1 Å². The molecule has 4 aromatic rings. The molecule has 8 heteroatoms. The van der Waals surface area contributed by atoms with E-state index in [1.165, 1.54) is 30.5 Å². The quantitative estimate of drug-likeness (QED) is 0.515. The van der Waals surface area contributed by atoms with Crippen LogP contribution in [0.15, 0.2) is 75.8 Å². The van der Waals surface area contributed by atoms with E-state index in [4.69, 9.17) is 8.83 Å². The first-order valence-corrected chi connectivity index (χ1v) is 8.27. The summed E-state index contributed by atoms with van der Waals surface area (Å²) in [6.07, 6.45) is -1.07. The first-order chi connectivity index (χ1) is 13.6. The van der Waals surface area contributed by atoms with E-state index in [9.17, 15) is 13.6 Å². The predicted molar refractivity (Wildman–Crippen MR) is 96.8 cm³/mol. The summed E-state index contributed by atoms with van der Waals surface area (Å²) >= 11 is 0. The number of carbonyl (C=O) groups excluding carboxylic acids is 1. The fourth-order valence-electron chi connectivity index (χ4n) is 2.55. The second-order valence-corrected chi connectivity index (χ2v) is 5.85. The van der Waals surface area contributed by atoms with Gasteiger partial charge >= 0.3 is 0 Å². The van der Waals surface area contributed by atoms with Crippen LogP contribution in [0.4, 0.5) is 14.5 Å². The molecule has 0 atom stereocenters. The van der Waals surface area contributed by atoms with Crippen LogP contribution < -0.4 is 5.32 Å². The predicted octanol–water partition coefficient (Wildman–Crippen LogP) is 5.19. The number of halogens is 2. The molecule has 2 aromatic carbocycles. The largest absolute Gasteiger partial charge is 0.459 e. The number of nitrogens with one attached hydrogen (secondary N) is 1. The highest BCUT2D eigenvalue weighted by atomic mass is 19.3.